The zero-order chi connectivity index (χ0) is 12.4. The van der Waals surface area contributed by atoms with Crippen LogP contribution < -0.4 is 15.2 Å². The molecule has 0 saturated heterocycles. The molecule has 6 heteroatoms. The lowest BCUT2D eigenvalue weighted by molar-refractivity contribution is -0.385. The van der Waals surface area contributed by atoms with Crippen LogP contribution in [0.3, 0.4) is 0 Å². The van der Waals surface area contributed by atoms with Crippen LogP contribution in [-0.4, -0.2) is 17.8 Å². The van der Waals surface area contributed by atoms with Gasteiger partial charge in [0.2, 0.25) is 12.5 Å². The smallest absolute Gasteiger partial charge is 0.315 e. The Morgan fingerprint density at radius 2 is 2.29 bits per heavy atom. The van der Waals surface area contributed by atoms with Crippen molar-refractivity contribution in [3.05, 3.63) is 27.8 Å². The molecule has 0 amide bonds. The zero-order valence-corrected chi connectivity index (χ0v) is 9.51. The van der Waals surface area contributed by atoms with Crippen LogP contribution in [-0.2, 0) is 6.42 Å². The molecule has 0 radical (unpaired) electrons. The van der Waals surface area contributed by atoms with Crippen molar-refractivity contribution in [1.29, 1.82) is 0 Å². The van der Waals surface area contributed by atoms with Crippen molar-refractivity contribution in [2.45, 2.75) is 25.8 Å². The van der Waals surface area contributed by atoms with Gasteiger partial charge in [0.1, 0.15) is 0 Å². The molecule has 2 rings (SSSR count). The lowest BCUT2D eigenvalue weighted by Crippen LogP contribution is -2.15. The second-order valence-corrected chi connectivity index (χ2v) is 4.12. The molecule has 0 aromatic heterocycles. The largest absolute Gasteiger partial charge is 0.453 e. The highest BCUT2D eigenvalue weighted by molar-refractivity contribution is 5.59. The van der Waals surface area contributed by atoms with E-state index in [1.165, 1.54) is 6.07 Å². The number of hydrogen-bond donors (Lipinski definition) is 1. The third kappa shape index (κ3) is 2.47. The van der Waals surface area contributed by atoms with Crippen LogP contribution in [0, 0.1) is 10.1 Å². The molecule has 0 saturated carbocycles. The average Bonchev–Trinajstić information content (AvgIpc) is 2.72. The number of fused-ring (bicyclic) bond motifs is 1. The quantitative estimate of drug-likeness (QED) is 0.635. The van der Waals surface area contributed by atoms with E-state index in [0.29, 0.717) is 12.2 Å². The van der Waals surface area contributed by atoms with Gasteiger partial charge in [-0.2, -0.15) is 0 Å². The number of ether oxygens (including phenoxy) is 2. The van der Waals surface area contributed by atoms with E-state index in [4.69, 9.17) is 15.2 Å². The molecule has 0 bridgehead atoms. The van der Waals surface area contributed by atoms with Gasteiger partial charge in [0.25, 0.3) is 0 Å². The summed E-state index contributed by atoms with van der Waals surface area (Å²) in [5, 5.41) is 10.9. The Kier molecular flexibility index (Phi) is 3.14. The molecule has 1 aliphatic heterocycles. The molecule has 0 fully saturated rings. The first-order valence-electron chi connectivity index (χ1n) is 5.40. The standard InChI is InChI=1S/C11H14N2O4/c1-7(12)2-3-8-4-9(13(14)15)11-10(5-8)16-6-17-11/h4-5,7H,2-3,6,12H2,1H3. The first kappa shape index (κ1) is 11.7. The van der Waals surface area contributed by atoms with Crippen LogP contribution in [0.15, 0.2) is 12.1 Å². The maximum Gasteiger partial charge on any atom is 0.315 e. The molecule has 17 heavy (non-hydrogen) atoms. The van der Waals surface area contributed by atoms with Crippen molar-refractivity contribution < 1.29 is 14.4 Å². The Hall–Kier alpha value is -1.82. The third-order valence-electron chi connectivity index (χ3n) is 2.60. The van der Waals surface area contributed by atoms with Gasteiger partial charge in [-0.15, -0.1) is 0 Å². The fourth-order valence-corrected chi connectivity index (χ4v) is 1.72. The summed E-state index contributed by atoms with van der Waals surface area (Å²) in [6, 6.07) is 3.37. The van der Waals surface area contributed by atoms with Gasteiger partial charge in [0, 0.05) is 12.1 Å². The predicted molar refractivity (Wildman–Crippen MR) is 61.2 cm³/mol. The third-order valence-corrected chi connectivity index (χ3v) is 2.60. The van der Waals surface area contributed by atoms with E-state index < -0.39 is 4.92 Å². The monoisotopic (exact) mass is 238 g/mol. The molecular weight excluding hydrogens is 224 g/mol. The zero-order valence-electron chi connectivity index (χ0n) is 9.51. The summed E-state index contributed by atoms with van der Waals surface area (Å²) in [5.74, 6) is 0.665. The molecule has 2 N–H and O–H groups in total. The van der Waals surface area contributed by atoms with Crippen molar-refractivity contribution in [3.63, 3.8) is 0 Å². The number of benzene rings is 1. The minimum absolute atomic E-state index is 0.0346. The van der Waals surface area contributed by atoms with Crippen LogP contribution in [0.4, 0.5) is 5.69 Å². The minimum Gasteiger partial charge on any atom is -0.453 e. The number of nitro benzene ring substituents is 1. The summed E-state index contributed by atoms with van der Waals surface area (Å²) < 4.78 is 10.3. The van der Waals surface area contributed by atoms with Crippen LogP contribution in [0.1, 0.15) is 18.9 Å². The number of nitrogens with two attached hydrogens (primary N) is 1. The van der Waals surface area contributed by atoms with Gasteiger partial charge >= 0.3 is 5.69 Å². The van der Waals surface area contributed by atoms with Crippen molar-refractivity contribution in [1.82, 2.24) is 0 Å². The Balaban J connectivity index is 2.30. The second kappa shape index (κ2) is 4.58. The summed E-state index contributed by atoms with van der Waals surface area (Å²) in [5.41, 5.74) is 6.46. The van der Waals surface area contributed by atoms with Crippen LogP contribution in [0.2, 0.25) is 0 Å². The maximum atomic E-state index is 10.9. The van der Waals surface area contributed by atoms with E-state index in [2.05, 4.69) is 0 Å². The molecule has 0 spiro atoms. The summed E-state index contributed by atoms with van der Waals surface area (Å²) in [7, 11) is 0. The number of hydrogen-bond acceptors (Lipinski definition) is 5. The molecule has 0 aliphatic carbocycles. The lowest BCUT2D eigenvalue weighted by Gasteiger charge is -2.06. The van der Waals surface area contributed by atoms with E-state index in [1.54, 1.807) is 6.07 Å². The second-order valence-electron chi connectivity index (χ2n) is 4.12. The van der Waals surface area contributed by atoms with Gasteiger partial charge in [-0.3, -0.25) is 10.1 Å². The van der Waals surface area contributed by atoms with Crippen LogP contribution in [0.25, 0.3) is 0 Å². The van der Waals surface area contributed by atoms with Gasteiger partial charge in [-0.25, -0.2) is 0 Å². The molecule has 1 atom stereocenters. The fourth-order valence-electron chi connectivity index (χ4n) is 1.72. The van der Waals surface area contributed by atoms with E-state index in [9.17, 15) is 10.1 Å². The number of nitro groups is 1. The summed E-state index contributed by atoms with van der Waals surface area (Å²) >= 11 is 0. The lowest BCUT2D eigenvalue weighted by atomic mass is 10.1. The minimum atomic E-state index is -0.455. The van der Waals surface area contributed by atoms with Gasteiger partial charge in [-0.05, 0) is 31.4 Å². The van der Waals surface area contributed by atoms with E-state index in [1.807, 2.05) is 6.92 Å². The molecule has 1 aromatic carbocycles. The summed E-state index contributed by atoms with van der Waals surface area (Å²) in [6.45, 7) is 1.94. The highest BCUT2D eigenvalue weighted by Crippen LogP contribution is 2.41. The average molecular weight is 238 g/mol. The Bertz CT molecular complexity index is 445. The van der Waals surface area contributed by atoms with Crippen LogP contribution >= 0.6 is 0 Å². The van der Waals surface area contributed by atoms with Gasteiger partial charge < -0.3 is 15.2 Å². The molecule has 1 aliphatic rings. The van der Waals surface area contributed by atoms with Crippen LogP contribution in [0.5, 0.6) is 11.5 Å². The molecule has 6 nitrogen and oxygen atoms in total. The molecular formula is C11H14N2O4. The Morgan fingerprint density at radius 1 is 1.53 bits per heavy atom. The van der Waals surface area contributed by atoms with Crippen molar-refractivity contribution in [3.8, 4) is 11.5 Å². The highest BCUT2D eigenvalue weighted by Gasteiger charge is 2.26. The first-order chi connectivity index (χ1) is 8.08. The summed E-state index contributed by atoms with van der Waals surface area (Å²) in [4.78, 5) is 10.4. The number of nitrogens with zero attached hydrogens (tertiary/aromatic N) is 1. The predicted octanol–water partition coefficient (Wildman–Crippen LogP) is 1.60. The SMILES string of the molecule is CC(N)CCc1cc2c(c([N+](=O)[O-])c1)OCO2. The van der Waals surface area contributed by atoms with Crippen molar-refractivity contribution in [2.24, 2.45) is 5.73 Å². The Labute approximate surface area is 98.5 Å². The van der Waals surface area contributed by atoms with E-state index in [0.717, 1.165) is 12.0 Å². The number of rotatable bonds is 4. The van der Waals surface area contributed by atoms with Crippen molar-refractivity contribution in [2.75, 3.05) is 6.79 Å². The topological polar surface area (TPSA) is 87.6 Å². The normalized spacial score (nSPS) is 14.7. The Morgan fingerprint density at radius 3 is 2.94 bits per heavy atom. The first-order valence-corrected chi connectivity index (χ1v) is 5.40. The summed E-state index contributed by atoms with van der Waals surface area (Å²) in [6.07, 6.45) is 1.46. The van der Waals surface area contributed by atoms with Gasteiger partial charge in [0.15, 0.2) is 5.75 Å². The van der Waals surface area contributed by atoms with Gasteiger partial charge in [-0.1, -0.05) is 0 Å². The molecule has 1 unspecified atom stereocenters. The van der Waals surface area contributed by atoms with Crippen molar-refractivity contribution >= 4 is 5.69 Å². The fraction of sp³-hybridized carbons (Fsp3) is 0.455. The van der Waals surface area contributed by atoms with Gasteiger partial charge in [0.05, 0.1) is 4.92 Å². The van der Waals surface area contributed by atoms with E-state index in [-0.39, 0.29) is 24.3 Å². The molecule has 1 heterocycles. The number of aryl methyl sites for hydroxylation is 1. The van der Waals surface area contributed by atoms with E-state index >= 15 is 0 Å². The maximum absolute atomic E-state index is 10.9. The molecule has 1 aromatic rings. The molecule has 92 valence electrons. The highest BCUT2D eigenvalue weighted by atomic mass is 16.7.